The van der Waals surface area contributed by atoms with E-state index in [1.165, 1.54) is 11.3 Å². The molecule has 0 unspecified atom stereocenters. The highest BCUT2D eigenvalue weighted by atomic mass is 32.1. The molecule has 0 atom stereocenters. The molecule has 0 saturated heterocycles. The molecular weight excluding hydrogens is 360 g/mol. The van der Waals surface area contributed by atoms with E-state index in [-0.39, 0.29) is 5.91 Å². The first-order chi connectivity index (χ1) is 13.0. The summed E-state index contributed by atoms with van der Waals surface area (Å²) in [7, 11) is 1.62. The van der Waals surface area contributed by atoms with Gasteiger partial charge in [0, 0.05) is 22.4 Å². The lowest BCUT2D eigenvalue weighted by atomic mass is 10.1. The molecule has 0 bridgehead atoms. The second-order valence-electron chi connectivity index (χ2n) is 6.31. The summed E-state index contributed by atoms with van der Waals surface area (Å²) in [4.78, 5) is 16.9. The topological polar surface area (TPSA) is 64.4 Å². The van der Waals surface area contributed by atoms with E-state index in [9.17, 15) is 4.79 Å². The number of aromatic nitrogens is 1. The molecule has 2 aromatic heterocycles. The van der Waals surface area contributed by atoms with Gasteiger partial charge in [0.2, 0.25) is 0 Å². The summed E-state index contributed by atoms with van der Waals surface area (Å²) in [5.74, 6) is 1.22. The van der Waals surface area contributed by atoms with E-state index < -0.39 is 0 Å². The van der Waals surface area contributed by atoms with Gasteiger partial charge in [-0.2, -0.15) is 0 Å². The number of aryl methyl sites for hydroxylation is 2. The van der Waals surface area contributed by atoms with Crippen molar-refractivity contribution in [3.63, 3.8) is 0 Å². The number of amides is 1. The van der Waals surface area contributed by atoms with Gasteiger partial charge in [0.1, 0.15) is 17.0 Å². The highest BCUT2D eigenvalue weighted by molar-refractivity contribution is 7.14. The molecule has 0 fully saturated rings. The molecule has 2 heterocycles. The highest BCUT2D eigenvalue weighted by Gasteiger charge is 2.13. The fraction of sp³-hybridized carbons (Fsp3) is 0.143. The largest absolute Gasteiger partial charge is 0.497 e. The molecule has 5 nitrogen and oxygen atoms in total. The quantitative estimate of drug-likeness (QED) is 0.514. The second-order valence-corrected chi connectivity index (χ2v) is 7.16. The van der Waals surface area contributed by atoms with Crippen LogP contribution in [0.15, 0.2) is 52.3 Å². The summed E-state index contributed by atoms with van der Waals surface area (Å²) < 4.78 is 11.1. The standard InChI is InChI=1S/C21H18N2O3S/c1-12-4-5-15(8-13(12)2)20(24)23-21-22-17(11-27-21)19-9-14-6-7-16(25-3)10-18(14)26-19/h4-11H,1-3H3,(H,22,23,24). The van der Waals surface area contributed by atoms with Gasteiger partial charge in [-0.25, -0.2) is 4.98 Å². The Labute approximate surface area is 160 Å². The first kappa shape index (κ1) is 17.3. The molecule has 1 amide bonds. The van der Waals surface area contributed by atoms with Crippen molar-refractivity contribution in [1.29, 1.82) is 0 Å². The van der Waals surface area contributed by atoms with Gasteiger partial charge in [0.15, 0.2) is 10.9 Å². The SMILES string of the molecule is COc1ccc2cc(-c3csc(NC(=O)c4ccc(C)c(C)c4)n3)oc2c1. The minimum absolute atomic E-state index is 0.173. The number of hydrogen-bond acceptors (Lipinski definition) is 5. The van der Waals surface area contributed by atoms with Crippen LogP contribution >= 0.6 is 11.3 Å². The van der Waals surface area contributed by atoms with Crippen LogP contribution in [0.25, 0.3) is 22.4 Å². The van der Waals surface area contributed by atoms with Crippen LogP contribution in [-0.2, 0) is 0 Å². The third-order valence-corrected chi connectivity index (χ3v) is 5.23. The molecule has 0 spiro atoms. The van der Waals surface area contributed by atoms with E-state index in [0.717, 1.165) is 27.8 Å². The van der Waals surface area contributed by atoms with E-state index >= 15 is 0 Å². The molecule has 0 aliphatic rings. The molecule has 0 aliphatic carbocycles. The molecule has 1 N–H and O–H groups in total. The van der Waals surface area contributed by atoms with E-state index in [1.54, 1.807) is 7.11 Å². The number of fused-ring (bicyclic) bond motifs is 1. The van der Waals surface area contributed by atoms with Crippen molar-refractivity contribution in [3.8, 4) is 17.2 Å². The molecule has 6 heteroatoms. The van der Waals surface area contributed by atoms with Gasteiger partial charge in [-0.3, -0.25) is 10.1 Å². The van der Waals surface area contributed by atoms with Crippen molar-refractivity contribution in [1.82, 2.24) is 4.98 Å². The van der Waals surface area contributed by atoms with E-state index in [4.69, 9.17) is 9.15 Å². The van der Waals surface area contributed by atoms with Crippen LogP contribution in [0.4, 0.5) is 5.13 Å². The molecule has 4 aromatic rings. The van der Waals surface area contributed by atoms with Gasteiger partial charge < -0.3 is 9.15 Å². The monoisotopic (exact) mass is 378 g/mol. The van der Waals surface area contributed by atoms with Crippen LogP contribution in [0.1, 0.15) is 21.5 Å². The average Bonchev–Trinajstić information content (AvgIpc) is 3.29. The third kappa shape index (κ3) is 3.44. The van der Waals surface area contributed by atoms with Crippen molar-refractivity contribution >= 4 is 33.3 Å². The molecule has 0 aliphatic heterocycles. The van der Waals surface area contributed by atoms with Crippen LogP contribution < -0.4 is 10.1 Å². The first-order valence-electron chi connectivity index (χ1n) is 8.45. The lowest BCUT2D eigenvalue weighted by Crippen LogP contribution is -2.12. The second kappa shape index (κ2) is 6.89. The predicted molar refractivity (Wildman–Crippen MR) is 108 cm³/mol. The number of carbonyl (C=O) groups excluding carboxylic acids is 1. The van der Waals surface area contributed by atoms with Gasteiger partial charge in [0.25, 0.3) is 5.91 Å². The van der Waals surface area contributed by atoms with Crippen LogP contribution in [0.5, 0.6) is 5.75 Å². The van der Waals surface area contributed by atoms with Crippen molar-refractivity contribution in [2.24, 2.45) is 0 Å². The Morgan fingerprint density at radius 1 is 1.11 bits per heavy atom. The minimum atomic E-state index is -0.173. The van der Waals surface area contributed by atoms with Gasteiger partial charge in [-0.1, -0.05) is 6.07 Å². The van der Waals surface area contributed by atoms with Crippen LogP contribution in [-0.4, -0.2) is 18.0 Å². The highest BCUT2D eigenvalue weighted by Crippen LogP contribution is 2.32. The van der Waals surface area contributed by atoms with Gasteiger partial charge in [-0.05, 0) is 55.3 Å². The number of ether oxygens (including phenoxy) is 1. The Bertz CT molecular complexity index is 1140. The maximum absolute atomic E-state index is 12.5. The molecular formula is C21H18N2O3S. The van der Waals surface area contributed by atoms with Crippen molar-refractivity contribution < 1.29 is 13.9 Å². The van der Waals surface area contributed by atoms with Crippen LogP contribution in [0, 0.1) is 13.8 Å². The van der Waals surface area contributed by atoms with E-state index in [1.807, 2.05) is 61.7 Å². The molecule has 0 saturated carbocycles. The molecule has 0 radical (unpaired) electrons. The number of thiazole rings is 1. The number of methoxy groups -OCH3 is 1. The van der Waals surface area contributed by atoms with Crippen molar-refractivity contribution in [3.05, 3.63) is 64.5 Å². The number of nitrogens with zero attached hydrogens (tertiary/aromatic N) is 1. The van der Waals surface area contributed by atoms with Crippen LogP contribution in [0.3, 0.4) is 0 Å². The van der Waals surface area contributed by atoms with E-state index in [2.05, 4.69) is 10.3 Å². The summed E-state index contributed by atoms with van der Waals surface area (Å²) in [6.45, 7) is 4.01. The minimum Gasteiger partial charge on any atom is -0.497 e. The normalized spacial score (nSPS) is 10.9. The zero-order chi connectivity index (χ0) is 19.0. The number of anilines is 1. The van der Waals surface area contributed by atoms with Crippen LogP contribution in [0.2, 0.25) is 0 Å². The average molecular weight is 378 g/mol. The Hall–Kier alpha value is -3.12. The van der Waals surface area contributed by atoms with Crippen molar-refractivity contribution in [2.75, 3.05) is 12.4 Å². The van der Waals surface area contributed by atoms with Gasteiger partial charge >= 0.3 is 0 Å². The number of hydrogen-bond donors (Lipinski definition) is 1. The zero-order valence-electron chi connectivity index (χ0n) is 15.2. The lowest BCUT2D eigenvalue weighted by Gasteiger charge is -2.04. The Kier molecular flexibility index (Phi) is 4.41. The summed E-state index contributed by atoms with van der Waals surface area (Å²) in [5, 5.41) is 6.23. The molecule has 2 aromatic carbocycles. The fourth-order valence-corrected chi connectivity index (χ4v) is 3.46. The fourth-order valence-electron chi connectivity index (χ4n) is 2.76. The molecule has 4 rings (SSSR count). The third-order valence-electron chi connectivity index (χ3n) is 4.47. The smallest absolute Gasteiger partial charge is 0.257 e. The van der Waals surface area contributed by atoms with Gasteiger partial charge in [-0.15, -0.1) is 11.3 Å². The molecule has 27 heavy (non-hydrogen) atoms. The van der Waals surface area contributed by atoms with Gasteiger partial charge in [0.05, 0.1) is 7.11 Å². The summed E-state index contributed by atoms with van der Waals surface area (Å²) in [6.07, 6.45) is 0. The number of carbonyl (C=O) groups is 1. The summed E-state index contributed by atoms with van der Waals surface area (Å²) >= 11 is 1.36. The maximum Gasteiger partial charge on any atom is 0.257 e. The Balaban J connectivity index is 1.56. The summed E-state index contributed by atoms with van der Waals surface area (Å²) in [6, 6.07) is 13.2. The summed E-state index contributed by atoms with van der Waals surface area (Å²) in [5.41, 5.74) is 4.28. The number of rotatable bonds is 4. The van der Waals surface area contributed by atoms with Crippen molar-refractivity contribution in [2.45, 2.75) is 13.8 Å². The maximum atomic E-state index is 12.5. The zero-order valence-corrected chi connectivity index (χ0v) is 16.0. The predicted octanol–water partition coefficient (Wildman–Crippen LogP) is 5.43. The number of nitrogens with one attached hydrogen (secondary N) is 1. The number of furan rings is 1. The molecule has 136 valence electrons. The lowest BCUT2D eigenvalue weighted by molar-refractivity contribution is 0.102. The Morgan fingerprint density at radius 2 is 1.96 bits per heavy atom. The van der Waals surface area contributed by atoms with E-state index in [0.29, 0.717) is 22.1 Å². The Morgan fingerprint density at radius 3 is 2.74 bits per heavy atom. The first-order valence-corrected chi connectivity index (χ1v) is 9.33. The number of benzene rings is 2.